The third-order valence-electron chi connectivity index (χ3n) is 6.17. The van der Waals surface area contributed by atoms with Gasteiger partial charge in [0.2, 0.25) is 0 Å². The average molecular weight is 492 g/mol. The molecule has 0 radical (unpaired) electrons. The van der Waals surface area contributed by atoms with E-state index < -0.39 is 15.9 Å². The molecule has 34 heavy (non-hydrogen) atoms. The number of amides is 1. The van der Waals surface area contributed by atoms with Crippen molar-refractivity contribution < 1.29 is 13.2 Å². The maximum atomic E-state index is 13.4. The van der Waals surface area contributed by atoms with Gasteiger partial charge in [0.1, 0.15) is 0 Å². The first-order chi connectivity index (χ1) is 16.4. The number of aryl methyl sites for hydroxylation is 3. The van der Waals surface area contributed by atoms with Gasteiger partial charge in [0.05, 0.1) is 20.8 Å². The predicted molar refractivity (Wildman–Crippen MR) is 136 cm³/mol. The molecule has 0 bridgehead atoms. The van der Waals surface area contributed by atoms with E-state index in [0.717, 1.165) is 39.9 Å². The molecule has 0 saturated carbocycles. The van der Waals surface area contributed by atoms with E-state index in [2.05, 4.69) is 4.99 Å². The Kier molecular flexibility index (Phi) is 5.87. The number of benzene rings is 3. The summed E-state index contributed by atoms with van der Waals surface area (Å²) in [6.45, 7) is 5.22. The lowest BCUT2D eigenvalue weighted by molar-refractivity contribution is 0.0997. The van der Waals surface area contributed by atoms with Gasteiger partial charge in [-0.05, 0) is 74.2 Å². The van der Waals surface area contributed by atoms with Crippen molar-refractivity contribution in [1.82, 2.24) is 4.57 Å². The molecule has 6 nitrogen and oxygen atoms in total. The van der Waals surface area contributed by atoms with Crippen molar-refractivity contribution >= 4 is 43.2 Å². The maximum absolute atomic E-state index is 13.4. The summed E-state index contributed by atoms with van der Waals surface area (Å²) in [5.74, 6) is -0.390. The first kappa shape index (κ1) is 22.6. The molecule has 1 aliphatic heterocycles. The van der Waals surface area contributed by atoms with E-state index >= 15 is 0 Å². The number of thiazole rings is 1. The SMILES string of the molecule is CCn1c(=NC(=O)c2ccc(S(=O)(=O)N3CCCc4ccccc43)cc2)sc2cccc(C)c21. The third kappa shape index (κ3) is 3.86. The van der Waals surface area contributed by atoms with Gasteiger partial charge in [0.15, 0.2) is 4.80 Å². The summed E-state index contributed by atoms with van der Waals surface area (Å²) in [6, 6.07) is 19.8. The smallest absolute Gasteiger partial charge is 0.279 e. The summed E-state index contributed by atoms with van der Waals surface area (Å²) in [5.41, 5.74) is 4.34. The Hall–Kier alpha value is -3.23. The van der Waals surface area contributed by atoms with E-state index in [9.17, 15) is 13.2 Å². The molecule has 3 aromatic carbocycles. The molecule has 1 aliphatic rings. The Balaban J connectivity index is 1.47. The number of carbonyl (C=O) groups is 1. The van der Waals surface area contributed by atoms with E-state index in [1.165, 1.54) is 27.8 Å². The molecule has 0 N–H and O–H groups in total. The first-order valence-electron chi connectivity index (χ1n) is 11.3. The van der Waals surface area contributed by atoms with E-state index in [0.29, 0.717) is 23.5 Å². The number of carbonyl (C=O) groups excluding carboxylic acids is 1. The minimum Gasteiger partial charge on any atom is -0.316 e. The van der Waals surface area contributed by atoms with Crippen LogP contribution in [0.25, 0.3) is 10.2 Å². The standard InChI is InChI=1S/C26H25N3O3S2/c1-3-28-24-18(2)8-6-12-23(24)33-26(28)27-25(30)20-13-15-21(16-14-20)34(31,32)29-17-7-10-19-9-4-5-11-22(19)29/h4-6,8-9,11-16H,3,7,10,17H2,1-2H3. The normalized spacial score (nSPS) is 14.4. The minimum atomic E-state index is -3.72. The molecule has 1 aromatic heterocycles. The van der Waals surface area contributed by atoms with E-state index in [1.54, 1.807) is 12.1 Å². The van der Waals surface area contributed by atoms with Gasteiger partial charge < -0.3 is 4.57 Å². The fourth-order valence-corrected chi connectivity index (χ4v) is 7.19. The van der Waals surface area contributed by atoms with Crippen LogP contribution in [-0.2, 0) is 23.0 Å². The lowest BCUT2D eigenvalue weighted by Crippen LogP contribution is -2.35. The zero-order valence-electron chi connectivity index (χ0n) is 19.1. The zero-order chi connectivity index (χ0) is 23.9. The van der Waals surface area contributed by atoms with E-state index in [4.69, 9.17) is 0 Å². The highest BCUT2D eigenvalue weighted by molar-refractivity contribution is 7.92. The molecule has 0 atom stereocenters. The molecule has 174 valence electrons. The highest BCUT2D eigenvalue weighted by atomic mass is 32.2. The molecule has 8 heteroatoms. The summed E-state index contributed by atoms with van der Waals surface area (Å²) < 4.78 is 31.3. The highest BCUT2D eigenvalue weighted by Crippen LogP contribution is 2.31. The Bertz CT molecular complexity index is 1570. The van der Waals surface area contributed by atoms with Crippen LogP contribution in [0.4, 0.5) is 5.69 Å². The highest BCUT2D eigenvalue weighted by Gasteiger charge is 2.29. The van der Waals surface area contributed by atoms with Crippen molar-refractivity contribution in [2.45, 2.75) is 38.1 Å². The number of sulfonamides is 1. The zero-order valence-corrected chi connectivity index (χ0v) is 20.7. The summed E-state index contributed by atoms with van der Waals surface area (Å²) in [4.78, 5) is 18.1. The van der Waals surface area contributed by atoms with Crippen LogP contribution in [0.2, 0.25) is 0 Å². The van der Waals surface area contributed by atoms with Gasteiger partial charge in [-0.25, -0.2) is 8.42 Å². The molecule has 1 amide bonds. The van der Waals surface area contributed by atoms with Crippen molar-refractivity contribution in [3.63, 3.8) is 0 Å². The largest absolute Gasteiger partial charge is 0.316 e. The Labute approximate surface area is 202 Å². The molecular formula is C26H25N3O3S2. The van der Waals surface area contributed by atoms with Crippen LogP contribution in [0.1, 0.15) is 34.8 Å². The van der Waals surface area contributed by atoms with Gasteiger partial charge in [0, 0.05) is 18.7 Å². The molecule has 0 saturated heterocycles. The minimum absolute atomic E-state index is 0.168. The topological polar surface area (TPSA) is 71.7 Å². The average Bonchev–Trinajstić information content (AvgIpc) is 3.22. The molecule has 0 fully saturated rings. The number of nitrogens with zero attached hydrogens (tertiary/aromatic N) is 3. The van der Waals surface area contributed by atoms with Crippen molar-refractivity contribution in [3.8, 4) is 0 Å². The van der Waals surface area contributed by atoms with Gasteiger partial charge in [-0.2, -0.15) is 4.99 Å². The summed E-state index contributed by atoms with van der Waals surface area (Å²) in [5, 5.41) is 0. The molecule has 0 spiro atoms. The number of hydrogen-bond donors (Lipinski definition) is 0. The van der Waals surface area contributed by atoms with E-state index in [1.807, 2.05) is 60.9 Å². The lowest BCUT2D eigenvalue weighted by atomic mass is 10.0. The van der Waals surface area contributed by atoms with E-state index in [-0.39, 0.29) is 4.90 Å². The van der Waals surface area contributed by atoms with Crippen LogP contribution in [-0.4, -0.2) is 25.4 Å². The summed E-state index contributed by atoms with van der Waals surface area (Å²) >= 11 is 1.48. The molecule has 4 aromatic rings. The quantitative estimate of drug-likeness (QED) is 0.407. The number of fused-ring (bicyclic) bond motifs is 2. The van der Waals surface area contributed by atoms with Crippen LogP contribution in [0, 0.1) is 6.92 Å². The van der Waals surface area contributed by atoms with Gasteiger partial charge in [-0.3, -0.25) is 9.10 Å². The number of rotatable bonds is 4. The van der Waals surface area contributed by atoms with Crippen LogP contribution in [0.5, 0.6) is 0 Å². The fraction of sp³-hybridized carbons (Fsp3) is 0.231. The lowest BCUT2D eigenvalue weighted by Gasteiger charge is -2.30. The third-order valence-corrected chi connectivity index (χ3v) is 9.04. The van der Waals surface area contributed by atoms with Gasteiger partial charge in [-0.15, -0.1) is 0 Å². The molecule has 0 unspecified atom stereocenters. The number of hydrogen-bond acceptors (Lipinski definition) is 4. The van der Waals surface area contributed by atoms with Crippen molar-refractivity contribution in [3.05, 3.63) is 88.2 Å². The Morgan fingerprint density at radius 1 is 1.03 bits per heavy atom. The van der Waals surface area contributed by atoms with Crippen molar-refractivity contribution in [2.24, 2.45) is 4.99 Å². The first-order valence-corrected chi connectivity index (χ1v) is 13.5. The second kappa shape index (κ2) is 8.85. The van der Waals surface area contributed by atoms with Gasteiger partial charge in [0.25, 0.3) is 15.9 Å². The second-order valence-electron chi connectivity index (χ2n) is 8.30. The van der Waals surface area contributed by atoms with Crippen LogP contribution in [0.15, 0.2) is 76.6 Å². The molecule has 0 aliphatic carbocycles. The fourth-order valence-electron chi connectivity index (χ4n) is 4.48. The maximum Gasteiger partial charge on any atom is 0.279 e. The van der Waals surface area contributed by atoms with Crippen LogP contribution in [0.3, 0.4) is 0 Å². The van der Waals surface area contributed by atoms with Gasteiger partial charge >= 0.3 is 0 Å². The Morgan fingerprint density at radius 2 is 1.79 bits per heavy atom. The van der Waals surface area contributed by atoms with Crippen LogP contribution < -0.4 is 9.11 Å². The summed E-state index contributed by atoms with van der Waals surface area (Å²) in [7, 11) is -3.72. The van der Waals surface area contributed by atoms with Crippen molar-refractivity contribution in [2.75, 3.05) is 10.8 Å². The van der Waals surface area contributed by atoms with Crippen molar-refractivity contribution in [1.29, 1.82) is 0 Å². The van der Waals surface area contributed by atoms with Gasteiger partial charge in [-0.1, -0.05) is 41.7 Å². The summed E-state index contributed by atoms with van der Waals surface area (Å²) in [6.07, 6.45) is 1.64. The number of aromatic nitrogens is 1. The molecule has 2 heterocycles. The predicted octanol–water partition coefficient (Wildman–Crippen LogP) is 4.91. The monoisotopic (exact) mass is 491 g/mol. The number of anilines is 1. The molecular weight excluding hydrogens is 466 g/mol. The second-order valence-corrected chi connectivity index (χ2v) is 11.2. The number of para-hydroxylation sites is 2. The van der Waals surface area contributed by atoms with Crippen LogP contribution >= 0.6 is 11.3 Å². The Morgan fingerprint density at radius 3 is 2.56 bits per heavy atom. The molecule has 5 rings (SSSR count).